The molecule has 5 nitrogen and oxygen atoms in total. The summed E-state index contributed by atoms with van der Waals surface area (Å²) in [7, 11) is 0. The van der Waals surface area contributed by atoms with Gasteiger partial charge in [-0.15, -0.1) is 0 Å². The summed E-state index contributed by atoms with van der Waals surface area (Å²) in [4.78, 5) is 15.0. The minimum absolute atomic E-state index is 0.195. The van der Waals surface area contributed by atoms with Gasteiger partial charge in [0.05, 0.1) is 5.69 Å². The van der Waals surface area contributed by atoms with Crippen molar-refractivity contribution < 1.29 is 14.4 Å². The van der Waals surface area contributed by atoms with Gasteiger partial charge in [0.2, 0.25) is 5.76 Å². The van der Waals surface area contributed by atoms with Crippen molar-refractivity contribution in [2.75, 3.05) is 0 Å². The molecule has 5 heteroatoms. The molecule has 18 heavy (non-hydrogen) atoms. The number of nitrogens with zero attached hydrogens (tertiary/aromatic N) is 2. The molecular formula is C13H8N2O3. The number of pyridine rings is 1. The highest BCUT2D eigenvalue weighted by atomic mass is 16.5. The summed E-state index contributed by atoms with van der Waals surface area (Å²) in [5, 5.41) is 14.5. The van der Waals surface area contributed by atoms with Crippen LogP contribution in [0.15, 0.2) is 47.1 Å². The predicted octanol–water partition coefficient (Wildman–Crippen LogP) is 2.59. The van der Waals surface area contributed by atoms with Crippen molar-refractivity contribution in [3.05, 3.63) is 48.4 Å². The highest BCUT2D eigenvalue weighted by Crippen LogP contribution is 2.25. The quantitative estimate of drug-likeness (QED) is 0.745. The summed E-state index contributed by atoms with van der Waals surface area (Å²) in [6.45, 7) is 0. The molecule has 1 aromatic carbocycles. The van der Waals surface area contributed by atoms with Crippen LogP contribution in [0.2, 0.25) is 0 Å². The molecule has 0 aliphatic heterocycles. The van der Waals surface area contributed by atoms with Gasteiger partial charge < -0.3 is 9.63 Å². The zero-order chi connectivity index (χ0) is 12.5. The maximum absolute atomic E-state index is 10.8. The summed E-state index contributed by atoms with van der Waals surface area (Å²) < 4.78 is 4.74. The Kier molecular flexibility index (Phi) is 2.30. The van der Waals surface area contributed by atoms with Crippen molar-refractivity contribution in [1.82, 2.24) is 10.1 Å². The second-order valence-electron chi connectivity index (χ2n) is 3.76. The first-order valence-electron chi connectivity index (χ1n) is 5.30. The fraction of sp³-hybridized carbons (Fsp3) is 0. The van der Waals surface area contributed by atoms with Gasteiger partial charge in [0.25, 0.3) is 0 Å². The number of benzene rings is 1. The molecular weight excluding hydrogens is 232 g/mol. The third kappa shape index (κ3) is 1.62. The van der Waals surface area contributed by atoms with E-state index >= 15 is 0 Å². The molecule has 0 unspecified atom stereocenters. The van der Waals surface area contributed by atoms with Crippen LogP contribution in [-0.2, 0) is 0 Å². The number of carboxylic acid groups (broad SMARTS) is 1. The lowest BCUT2D eigenvalue weighted by molar-refractivity contribution is 0.0652. The third-order valence-electron chi connectivity index (χ3n) is 2.64. The zero-order valence-electron chi connectivity index (χ0n) is 9.20. The van der Waals surface area contributed by atoms with E-state index in [1.807, 2.05) is 30.3 Å². The Morgan fingerprint density at radius 3 is 2.83 bits per heavy atom. The smallest absolute Gasteiger partial charge is 0.374 e. The van der Waals surface area contributed by atoms with Crippen molar-refractivity contribution in [2.24, 2.45) is 0 Å². The van der Waals surface area contributed by atoms with Crippen LogP contribution in [0.25, 0.3) is 22.2 Å². The number of hydrogen-bond donors (Lipinski definition) is 1. The van der Waals surface area contributed by atoms with Gasteiger partial charge in [0.15, 0.2) is 0 Å². The van der Waals surface area contributed by atoms with Gasteiger partial charge in [0.1, 0.15) is 5.69 Å². The lowest BCUT2D eigenvalue weighted by Crippen LogP contribution is -1.91. The van der Waals surface area contributed by atoms with Crippen molar-refractivity contribution in [3.8, 4) is 11.4 Å². The lowest BCUT2D eigenvalue weighted by atomic mass is 10.1. The van der Waals surface area contributed by atoms with E-state index in [9.17, 15) is 4.79 Å². The molecule has 0 amide bonds. The normalized spacial score (nSPS) is 10.7. The van der Waals surface area contributed by atoms with Gasteiger partial charge in [-0.2, -0.15) is 0 Å². The molecule has 0 spiro atoms. The number of carboxylic acids is 1. The highest BCUT2D eigenvalue weighted by molar-refractivity contribution is 5.94. The number of aromatic carboxylic acids is 1. The van der Waals surface area contributed by atoms with Gasteiger partial charge in [-0.3, -0.25) is 4.98 Å². The van der Waals surface area contributed by atoms with E-state index in [0.29, 0.717) is 11.4 Å². The maximum atomic E-state index is 10.8. The molecule has 0 saturated carbocycles. The molecule has 0 saturated heterocycles. The molecule has 2 aromatic heterocycles. The minimum Gasteiger partial charge on any atom is -0.475 e. The Morgan fingerprint density at radius 2 is 2.06 bits per heavy atom. The molecule has 0 atom stereocenters. The molecule has 0 aliphatic rings. The third-order valence-corrected chi connectivity index (χ3v) is 2.64. The summed E-state index contributed by atoms with van der Waals surface area (Å²) in [5.41, 5.74) is 1.04. The molecule has 2 heterocycles. The summed E-state index contributed by atoms with van der Waals surface area (Å²) >= 11 is 0. The Bertz CT molecular complexity index is 728. The van der Waals surface area contributed by atoms with E-state index < -0.39 is 5.97 Å². The average molecular weight is 240 g/mol. The summed E-state index contributed by atoms with van der Waals surface area (Å²) in [5.74, 6) is -1.34. The van der Waals surface area contributed by atoms with E-state index in [1.165, 1.54) is 6.07 Å². The SMILES string of the molecule is O=C(O)c1cc(-c2nccc3ccccc23)no1. The van der Waals surface area contributed by atoms with Crippen LogP contribution in [-0.4, -0.2) is 21.2 Å². The van der Waals surface area contributed by atoms with Gasteiger partial charge >= 0.3 is 5.97 Å². The molecule has 0 fully saturated rings. The molecule has 3 rings (SSSR count). The van der Waals surface area contributed by atoms with E-state index in [1.54, 1.807) is 6.20 Å². The van der Waals surface area contributed by atoms with Gasteiger partial charge in [-0.1, -0.05) is 29.4 Å². The molecule has 88 valence electrons. The molecule has 0 bridgehead atoms. The van der Waals surface area contributed by atoms with Gasteiger partial charge in [-0.05, 0) is 11.5 Å². The Hall–Kier alpha value is -2.69. The molecule has 0 radical (unpaired) electrons. The molecule has 0 aliphatic carbocycles. The Balaban J connectivity index is 2.21. The Morgan fingerprint density at radius 1 is 1.22 bits per heavy atom. The second-order valence-corrected chi connectivity index (χ2v) is 3.76. The van der Waals surface area contributed by atoms with Crippen molar-refractivity contribution in [1.29, 1.82) is 0 Å². The van der Waals surface area contributed by atoms with Crippen LogP contribution in [0.4, 0.5) is 0 Å². The summed E-state index contributed by atoms with van der Waals surface area (Å²) in [6.07, 6.45) is 1.66. The van der Waals surface area contributed by atoms with Crippen LogP contribution in [0.5, 0.6) is 0 Å². The minimum atomic E-state index is -1.14. The monoisotopic (exact) mass is 240 g/mol. The van der Waals surface area contributed by atoms with Crippen molar-refractivity contribution in [3.63, 3.8) is 0 Å². The fourth-order valence-electron chi connectivity index (χ4n) is 1.81. The standard InChI is InChI=1S/C13H8N2O3/c16-13(17)11-7-10(15-18-11)12-9-4-2-1-3-8(9)5-6-14-12/h1-7H,(H,16,17). The predicted molar refractivity (Wildman–Crippen MR) is 64.2 cm³/mol. The van der Waals surface area contributed by atoms with E-state index in [4.69, 9.17) is 9.63 Å². The number of rotatable bonds is 2. The number of fused-ring (bicyclic) bond motifs is 1. The molecule has 1 N–H and O–H groups in total. The zero-order valence-corrected chi connectivity index (χ0v) is 9.20. The van der Waals surface area contributed by atoms with E-state index in [-0.39, 0.29) is 5.76 Å². The molecule has 3 aromatic rings. The highest BCUT2D eigenvalue weighted by Gasteiger charge is 2.14. The summed E-state index contributed by atoms with van der Waals surface area (Å²) in [6, 6.07) is 10.9. The van der Waals surface area contributed by atoms with E-state index in [2.05, 4.69) is 10.1 Å². The average Bonchev–Trinajstić information content (AvgIpc) is 2.87. The Labute approximate surface area is 102 Å². The second kappa shape index (κ2) is 3.96. The van der Waals surface area contributed by atoms with Gasteiger partial charge in [-0.25, -0.2) is 4.79 Å². The number of hydrogen-bond acceptors (Lipinski definition) is 4. The topological polar surface area (TPSA) is 76.2 Å². The van der Waals surface area contributed by atoms with Gasteiger partial charge in [0, 0.05) is 17.6 Å². The maximum Gasteiger partial charge on any atom is 0.374 e. The first kappa shape index (κ1) is 10.5. The van der Waals surface area contributed by atoms with Crippen LogP contribution < -0.4 is 0 Å². The van der Waals surface area contributed by atoms with Crippen molar-refractivity contribution >= 4 is 16.7 Å². The lowest BCUT2D eigenvalue weighted by Gasteiger charge is -2.01. The van der Waals surface area contributed by atoms with Crippen LogP contribution in [0.3, 0.4) is 0 Å². The van der Waals surface area contributed by atoms with Crippen LogP contribution >= 0.6 is 0 Å². The first-order chi connectivity index (χ1) is 8.75. The van der Waals surface area contributed by atoms with Crippen LogP contribution in [0, 0.1) is 0 Å². The number of carbonyl (C=O) groups is 1. The first-order valence-corrected chi connectivity index (χ1v) is 5.30. The van der Waals surface area contributed by atoms with E-state index in [0.717, 1.165) is 10.8 Å². The van der Waals surface area contributed by atoms with Crippen molar-refractivity contribution in [2.45, 2.75) is 0 Å². The number of aromatic nitrogens is 2. The largest absolute Gasteiger partial charge is 0.475 e. The fourth-order valence-corrected chi connectivity index (χ4v) is 1.81. The van der Waals surface area contributed by atoms with Crippen LogP contribution in [0.1, 0.15) is 10.6 Å².